The van der Waals surface area contributed by atoms with E-state index in [0.29, 0.717) is 11.4 Å². The Morgan fingerprint density at radius 2 is 1.95 bits per heavy atom. The molecule has 3 rings (SSSR count). The zero-order valence-corrected chi connectivity index (χ0v) is 11.3. The molecule has 0 aliphatic carbocycles. The van der Waals surface area contributed by atoms with Crippen LogP contribution >= 0.6 is 0 Å². The topological polar surface area (TPSA) is 71.2 Å². The minimum Gasteiger partial charge on any atom is -0.398 e. The summed E-state index contributed by atoms with van der Waals surface area (Å²) >= 11 is 0. The maximum absolute atomic E-state index is 12.2. The van der Waals surface area contributed by atoms with Gasteiger partial charge in [-0.1, -0.05) is 24.6 Å². The Morgan fingerprint density at radius 1 is 1.20 bits per heavy atom. The lowest BCUT2D eigenvalue weighted by Crippen LogP contribution is -2.45. The van der Waals surface area contributed by atoms with Crippen molar-refractivity contribution in [2.75, 3.05) is 18.8 Å². The summed E-state index contributed by atoms with van der Waals surface area (Å²) in [6.45, 7) is 1.80. The van der Waals surface area contributed by atoms with E-state index in [1.165, 1.54) is 6.42 Å². The van der Waals surface area contributed by atoms with Crippen LogP contribution in [0.25, 0.3) is 10.9 Å². The van der Waals surface area contributed by atoms with E-state index < -0.39 is 0 Å². The first-order chi connectivity index (χ1) is 9.74. The maximum Gasteiger partial charge on any atom is 0.284 e. The second-order valence-electron chi connectivity index (χ2n) is 5.10. The number of para-hydroxylation sites is 1. The molecule has 2 aromatic rings. The summed E-state index contributed by atoms with van der Waals surface area (Å²) in [4.78, 5) is 16.6. The number of carbonyl (C=O) groups is 1. The van der Waals surface area contributed by atoms with Gasteiger partial charge in [-0.15, -0.1) is 0 Å². The van der Waals surface area contributed by atoms with Gasteiger partial charge in [-0.05, 0) is 25.0 Å². The number of aromatic nitrogens is 1. The van der Waals surface area contributed by atoms with Gasteiger partial charge in [0.05, 0.1) is 5.52 Å². The van der Waals surface area contributed by atoms with Crippen molar-refractivity contribution in [3.05, 3.63) is 36.0 Å². The molecule has 0 saturated carbocycles. The number of nitrogens with two attached hydrogens (primary N) is 1. The Hall–Kier alpha value is -2.14. The van der Waals surface area contributed by atoms with Crippen LogP contribution in [0.1, 0.15) is 29.8 Å². The maximum atomic E-state index is 12.2. The van der Waals surface area contributed by atoms with Gasteiger partial charge in [0, 0.05) is 24.2 Å². The van der Waals surface area contributed by atoms with Gasteiger partial charge in [-0.3, -0.25) is 10.2 Å². The van der Waals surface area contributed by atoms with E-state index in [1.807, 2.05) is 29.3 Å². The molecule has 5 heteroatoms. The highest BCUT2D eigenvalue weighted by atomic mass is 16.2. The third-order valence-corrected chi connectivity index (χ3v) is 3.60. The predicted octanol–water partition coefficient (Wildman–Crippen LogP) is 1.95. The monoisotopic (exact) mass is 270 g/mol. The minimum atomic E-state index is -0.190. The highest BCUT2D eigenvalue weighted by Crippen LogP contribution is 2.20. The molecule has 0 atom stereocenters. The molecule has 5 nitrogen and oxygen atoms in total. The summed E-state index contributed by atoms with van der Waals surface area (Å²) < 4.78 is 0. The van der Waals surface area contributed by atoms with E-state index in [4.69, 9.17) is 5.73 Å². The number of nitrogen functional groups attached to an aromatic ring is 1. The number of hydrogen-bond donors (Lipinski definition) is 2. The quantitative estimate of drug-likeness (QED) is 0.875. The van der Waals surface area contributed by atoms with Crippen molar-refractivity contribution >= 4 is 22.5 Å². The van der Waals surface area contributed by atoms with Crippen molar-refractivity contribution < 1.29 is 4.79 Å². The fraction of sp³-hybridized carbons (Fsp3) is 0.333. The Labute approximate surface area is 117 Å². The van der Waals surface area contributed by atoms with Crippen molar-refractivity contribution in [2.45, 2.75) is 19.3 Å². The van der Waals surface area contributed by atoms with E-state index in [2.05, 4.69) is 10.4 Å². The van der Waals surface area contributed by atoms with Gasteiger partial charge in [0.1, 0.15) is 5.69 Å². The lowest BCUT2D eigenvalue weighted by atomic mass is 10.1. The first-order valence-corrected chi connectivity index (χ1v) is 6.95. The minimum absolute atomic E-state index is 0.190. The summed E-state index contributed by atoms with van der Waals surface area (Å²) in [6.07, 6.45) is 3.47. The number of nitrogens with one attached hydrogen (secondary N) is 1. The molecule has 1 saturated heterocycles. The lowest BCUT2D eigenvalue weighted by Gasteiger charge is -2.26. The number of benzene rings is 1. The normalized spacial score (nSPS) is 16.2. The number of amides is 1. The third-order valence-electron chi connectivity index (χ3n) is 3.60. The summed E-state index contributed by atoms with van der Waals surface area (Å²) in [5, 5.41) is 2.83. The predicted molar refractivity (Wildman–Crippen MR) is 79.0 cm³/mol. The number of piperidine rings is 1. The van der Waals surface area contributed by atoms with E-state index in [-0.39, 0.29) is 5.91 Å². The van der Waals surface area contributed by atoms with E-state index in [1.54, 1.807) is 6.07 Å². The third kappa shape index (κ3) is 2.58. The van der Waals surface area contributed by atoms with Gasteiger partial charge in [0.15, 0.2) is 0 Å². The fourth-order valence-corrected chi connectivity index (χ4v) is 2.53. The van der Waals surface area contributed by atoms with Crippen LogP contribution in [-0.2, 0) is 0 Å². The van der Waals surface area contributed by atoms with Crippen LogP contribution in [0.3, 0.4) is 0 Å². The molecule has 20 heavy (non-hydrogen) atoms. The molecule has 104 valence electrons. The molecule has 2 heterocycles. The molecular weight excluding hydrogens is 252 g/mol. The molecule has 1 aromatic carbocycles. The molecule has 1 fully saturated rings. The van der Waals surface area contributed by atoms with Crippen molar-refractivity contribution in [1.82, 2.24) is 15.4 Å². The first kappa shape index (κ1) is 12.9. The lowest BCUT2D eigenvalue weighted by molar-refractivity contribution is 0.0745. The van der Waals surface area contributed by atoms with Crippen LogP contribution in [0.4, 0.5) is 5.69 Å². The van der Waals surface area contributed by atoms with Crippen molar-refractivity contribution in [3.8, 4) is 0 Å². The number of anilines is 1. The van der Waals surface area contributed by atoms with E-state index >= 15 is 0 Å². The smallest absolute Gasteiger partial charge is 0.284 e. The van der Waals surface area contributed by atoms with Gasteiger partial charge < -0.3 is 5.73 Å². The molecule has 0 bridgehead atoms. The number of hydrazine groups is 1. The summed E-state index contributed by atoms with van der Waals surface area (Å²) in [5.41, 5.74) is 10.6. The number of carbonyl (C=O) groups excluding carboxylic acids is 1. The second-order valence-corrected chi connectivity index (χ2v) is 5.10. The van der Waals surface area contributed by atoms with Crippen LogP contribution in [0.5, 0.6) is 0 Å². The molecular formula is C15H18N4O. The van der Waals surface area contributed by atoms with Crippen LogP contribution in [0, 0.1) is 0 Å². The average molecular weight is 270 g/mol. The number of fused-ring (bicyclic) bond motifs is 1. The van der Waals surface area contributed by atoms with E-state index in [0.717, 1.165) is 36.8 Å². The van der Waals surface area contributed by atoms with Crippen molar-refractivity contribution in [2.24, 2.45) is 0 Å². The van der Waals surface area contributed by atoms with Crippen LogP contribution in [0.15, 0.2) is 30.3 Å². The summed E-state index contributed by atoms with van der Waals surface area (Å²) in [6, 6.07) is 9.21. The van der Waals surface area contributed by atoms with Gasteiger partial charge >= 0.3 is 0 Å². The highest BCUT2D eigenvalue weighted by Gasteiger charge is 2.16. The molecule has 3 N–H and O–H groups in total. The number of nitrogens with zero attached hydrogens (tertiary/aromatic N) is 2. The SMILES string of the molecule is Nc1cc(C(=O)NN2CCCCC2)nc2ccccc12. The van der Waals surface area contributed by atoms with E-state index in [9.17, 15) is 4.79 Å². The Bertz CT molecular complexity index is 635. The molecule has 1 aliphatic rings. The number of hydrogen-bond acceptors (Lipinski definition) is 4. The average Bonchev–Trinajstić information content (AvgIpc) is 2.48. The van der Waals surface area contributed by atoms with Gasteiger partial charge in [0.25, 0.3) is 5.91 Å². The van der Waals surface area contributed by atoms with Crippen LogP contribution in [0.2, 0.25) is 0 Å². The van der Waals surface area contributed by atoms with Crippen molar-refractivity contribution in [1.29, 1.82) is 0 Å². The Morgan fingerprint density at radius 3 is 2.75 bits per heavy atom. The van der Waals surface area contributed by atoms with Gasteiger partial charge in [0.2, 0.25) is 0 Å². The molecule has 1 amide bonds. The standard InChI is InChI=1S/C15H18N4O/c16-12-10-14(17-13-7-3-2-6-11(12)13)15(20)18-19-8-4-1-5-9-19/h2-3,6-7,10H,1,4-5,8-9H2,(H2,16,17)(H,18,20). The van der Waals surface area contributed by atoms with Gasteiger partial charge in [-0.2, -0.15) is 0 Å². The molecule has 0 spiro atoms. The highest BCUT2D eigenvalue weighted by molar-refractivity contribution is 5.98. The summed E-state index contributed by atoms with van der Waals surface area (Å²) in [5.74, 6) is -0.190. The molecule has 1 aromatic heterocycles. The zero-order chi connectivity index (χ0) is 13.9. The Kier molecular flexibility index (Phi) is 3.52. The second kappa shape index (κ2) is 5.46. The van der Waals surface area contributed by atoms with Crippen LogP contribution in [-0.4, -0.2) is 29.0 Å². The van der Waals surface area contributed by atoms with Crippen molar-refractivity contribution in [3.63, 3.8) is 0 Å². The number of pyridine rings is 1. The van der Waals surface area contributed by atoms with Crippen LogP contribution < -0.4 is 11.2 Å². The molecule has 0 radical (unpaired) electrons. The molecule has 1 aliphatic heterocycles. The Balaban J connectivity index is 1.84. The first-order valence-electron chi connectivity index (χ1n) is 6.95. The summed E-state index contributed by atoms with van der Waals surface area (Å²) in [7, 11) is 0. The largest absolute Gasteiger partial charge is 0.398 e. The number of rotatable bonds is 2. The molecule has 0 unspecified atom stereocenters. The van der Waals surface area contributed by atoms with Gasteiger partial charge in [-0.25, -0.2) is 9.99 Å². The fourth-order valence-electron chi connectivity index (χ4n) is 2.53. The zero-order valence-electron chi connectivity index (χ0n) is 11.3.